The van der Waals surface area contributed by atoms with Crippen molar-refractivity contribution in [3.05, 3.63) is 63.2 Å². The molecule has 0 heterocycles. The molecule has 2 aromatic rings. The van der Waals surface area contributed by atoms with Gasteiger partial charge in [0, 0.05) is 30.7 Å². The summed E-state index contributed by atoms with van der Waals surface area (Å²) >= 11 is 6.27. The lowest BCUT2D eigenvalue weighted by molar-refractivity contribution is -0.384. The van der Waals surface area contributed by atoms with E-state index in [2.05, 4.69) is 5.32 Å². The van der Waals surface area contributed by atoms with Gasteiger partial charge in [0.05, 0.1) is 18.3 Å². The molecule has 2 amide bonds. The molecule has 1 N–H and O–H groups in total. The number of anilines is 1. The van der Waals surface area contributed by atoms with Crippen molar-refractivity contribution < 1.29 is 27.7 Å². The Hall–Kier alpha value is -3.38. The fraction of sp³-hybridized carbons (Fsp3) is 0.364. The van der Waals surface area contributed by atoms with Gasteiger partial charge >= 0.3 is 0 Å². The highest BCUT2D eigenvalue weighted by molar-refractivity contribution is 7.92. The molecule has 0 aliphatic heterocycles. The zero-order valence-electron chi connectivity index (χ0n) is 19.7. The van der Waals surface area contributed by atoms with E-state index in [0.717, 1.165) is 22.7 Å². The van der Waals surface area contributed by atoms with Gasteiger partial charge in [-0.2, -0.15) is 0 Å². The van der Waals surface area contributed by atoms with Crippen LogP contribution in [0.5, 0.6) is 5.75 Å². The largest absolute Gasteiger partial charge is 0.495 e. The molecule has 0 radical (unpaired) electrons. The van der Waals surface area contributed by atoms with E-state index in [4.69, 9.17) is 16.3 Å². The van der Waals surface area contributed by atoms with E-state index >= 15 is 0 Å². The zero-order valence-corrected chi connectivity index (χ0v) is 21.3. The molecule has 0 saturated carbocycles. The molecular formula is C22H27ClN4O7S. The highest BCUT2D eigenvalue weighted by atomic mass is 35.5. The monoisotopic (exact) mass is 526 g/mol. The van der Waals surface area contributed by atoms with Gasteiger partial charge in [0.25, 0.3) is 5.69 Å². The number of hydrogen-bond acceptors (Lipinski definition) is 7. The lowest BCUT2D eigenvalue weighted by Crippen LogP contribution is -2.51. The first-order valence-corrected chi connectivity index (χ1v) is 12.7. The van der Waals surface area contributed by atoms with Gasteiger partial charge in [-0.1, -0.05) is 36.7 Å². The summed E-state index contributed by atoms with van der Waals surface area (Å²) in [6.07, 6.45) is 1.11. The van der Waals surface area contributed by atoms with E-state index < -0.39 is 39.3 Å². The summed E-state index contributed by atoms with van der Waals surface area (Å²) < 4.78 is 31.3. The molecule has 0 aliphatic rings. The van der Waals surface area contributed by atoms with E-state index in [1.807, 2.05) is 0 Å². The molecule has 35 heavy (non-hydrogen) atoms. The average Bonchev–Trinajstić information content (AvgIpc) is 2.81. The van der Waals surface area contributed by atoms with Crippen molar-refractivity contribution in [1.82, 2.24) is 10.2 Å². The molecule has 13 heteroatoms. The number of sulfonamides is 1. The Morgan fingerprint density at radius 2 is 1.89 bits per heavy atom. The van der Waals surface area contributed by atoms with Crippen molar-refractivity contribution in [1.29, 1.82) is 0 Å². The maximum Gasteiger partial charge on any atom is 0.271 e. The number of halogens is 1. The molecule has 0 bridgehead atoms. The van der Waals surface area contributed by atoms with Crippen LogP contribution in [0.4, 0.5) is 11.4 Å². The second-order valence-corrected chi connectivity index (χ2v) is 9.85. The van der Waals surface area contributed by atoms with E-state index in [9.17, 15) is 28.1 Å². The number of non-ortho nitro benzene ring substituents is 1. The number of nitro benzene ring substituents is 1. The number of rotatable bonds is 11. The standard InChI is InChI=1S/C22H27ClN4O7S/c1-5-18(22(29)24-2)25(13-15-8-6-7-9-17(15)23)21(28)14-26(35(4,32)33)19-12-16(27(30)31)10-11-20(19)34-3/h6-12,18H,5,13-14H2,1-4H3,(H,24,29). The Balaban J connectivity index is 2.57. The topological polar surface area (TPSA) is 139 Å². The number of carbonyl (C=O) groups excluding carboxylic acids is 2. The van der Waals surface area contributed by atoms with Crippen molar-refractivity contribution in [2.45, 2.75) is 25.9 Å². The summed E-state index contributed by atoms with van der Waals surface area (Å²) in [4.78, 5) is 38.0. The third kappa shape index (κ3) is 6.83. The van der Waals surface area contributed by atoms with Crippen molar-refractivity contribution in [3.63, 3.8) is 0 Å². The number of benzene rings is 2. The zero-order chi connectivity index (χ0) is 26.3. The smallest absolute Gasteiger partial charge is 0.271 e. The molecule has 190 valence electrons. The Morgan fingerprint density at radius 1 is 1.23 bits per heavy atom. The van der Waals surface area contributed by atoms with Crippen LogP contribution in [0.25, 0.3) is 0 Å². The van der Waals surface area contributed by atoms with Crippen LogP contribution in [0, 0.1) is 10.1 Å². The predicted molar refractivity (Wildman–Crippen MR) is 132 cm³/mol. The summed E-state index contributed by atoms with van der Waals surface area (Å²) in [6, 6.07) is 9.27. The third-order valence-electron chi connectivity index (χ3n) is 5.25. The normalized spacial score (nSPS) is 11.9. The number of nitro groups is 1. The Bertz CT molecular complexity index is 1210. The minimum absolute atomic E-state index is 0.0184. The van der Waals surface area contributed by atoms with Crippen LogP contribution in [-0.2, 0) is 26.2 Å². The third-order valence-corrected chi connectivity index (χ3v) is 6.75. The molecule has 1 unspecified atom stereocenters. The molecule has 0 saturated heterocycles. The van der Waals surface area contributed by atoms with Gasteiger partial charge in [-0.05, 0) is 24.1 Å². The summed E-state index contributed by atoms with van der Waals surface area (Å²) in [5, 5.41) is 14.2. The quantitative estimate of drug-likeness (QED) is 0.350. The van der Waals surface area contributed by atoms with Crippen LogP contribution < -0.4 is 14.4 Å². The second-order valence-electron chi connectivity index (χ2n) is 7.53. The average molecular weight is 527 g/mol. The molecule has 0 aliphatic carbocycles. The Morgan fingerprint density at radius 3 is 2.40 bits per heavy atom. The number of nitrogens with zero attached hydrogens (tertiary/aromatic N) is 3. The molecule has 0 aromatic heterocycles. The van der Waals surface area contributed by atoms with Crippen molar-refractivity contribution in [2.24, 2.45) is 0 Å². The summed E-state index contributed by atoms with van der Waals surface area (Å²) in [7, 11) is -1.40. The van der Waals surface area contributed by atoms with Gasteiger partial charge in [-0.3, -0.25) is 24.0 Å². The second kappa shape index (κ2) is 11.8. The van der Waals surface area contributed by atoms with Gasteiger partial charge in [-0.25, -0.2) is 8.42 Å². The number of likely N-dealkylation sites (N-methyl/N-ethyl adjacent to an activating group) is 1. The van der Waals surface area contributed by atoms with Gasteiger partial charge < -0.3 is 15.0 Å². The Labute approximate surface area is 208 Å². The first kappa shape index (κ1) is 27.9. The summed E-state index contributed by atoms with van der Waals surface area (Å²) in [6.45, 7) is 0.924. The number of amides is 2. The predicted octanol–water partition coefficient (Wildman–Crippen LogP) is 2.58. The highest BCUT2D eigenvalue weighted by Crippen LogP contribution is 2.34. The van der Waals surface area contributed by atoms with Crippen LogP contribution in [0.15, 0.2) is 42.5 Å². The summed E-state index contributed by atoms with van der Waals surface area (Å²) in [5.41, 5.74) is -0.00134. The number of ether oxygens (including phenoxy) is 1. The van der Waals surface area contributed by atoms with E-state index in [1.165, 1.54) is 25.1 Å². The SMILES string of the molecule is CCC(C(=O)NC)N(Cc1ccccc1Cl)C(=O)CN(c1cc([N+](=O)[O-])ccc1OC)S(C)(=O)=O. The first-order valence-electron chi connectivity index (χ1n) is 10.5. The number of carbonyl (C=O) groups is 2. The fourth-order valence-corrected chi connectivity index (χ4v) is 4.52. The number of methoxy groups -OCH3 is 1. The Kier molecular flexibility index (Phi) is 9.43. The fourth-order valence-electron chi connectivity index (χ4n) is 3.48. The lowest BCUT2D eigenvalue weighted by Gasteiger charge is -2.33. The maximum absolute atomic E-state index is 13.6. The minimum atomic E-state index is -4.10. The van der Waals surface area contributed by atoms with Crippen LogP contribution in [0.2, 0.25) is 5.02 Å². The van der Waals surface area contributed by atoms with Crippen molar-refractivity contribution in [3.8, 4) is 5.75 Å². The maximum atomic E-state index is 13.6. The van der Waals surface area contributed by atoms with Gasteiger partial charge in [-0.15, -0.1) is 0 Å². The highest BCUT2D eigenvalue weighted by Gasteiger charge is 2.33. The van der Waals surface area contributed by atoms with Crippen molar-refractivity contribution in [2.75, 3.05) is 31.3 Å². The van der Waals surface area contributed by atoms with Crippen LogP contribution in [0.1, 0.15) is 18.9 Å². The molecule has 1 atom stereocenters. The van der Waals surface area contributed by atoms with Gasteiger partial charge in [0.15, 0.2) is 0 Å². The van der Waals surface area contributed by atoms with Crippen LogP contribution in [-0.4, -0.2) is 63.1 Å². The van der Waals surface area contributed by atoms with Crippen LogP contribution >= 0.6 is 11.6 Å². The van der Waals surface area contributed by atoms with Gasteiger partial charge in [0.2, 0.25) is 21.8 Å². The van der Waals surface area contributed by atoms with Crippen LogP contribution in [0.3, 0.4) is 0 Å². The molecular weight excluding hydrogens is 500 g/mol. The van der Waals surface area contributed by atoms with Crippen molar-refractivity contribution >= 4 is 44.8 Å². The molecule has 0 fully saturated rings. The van der Waals surface area contributed by atoms with E-state index in [0.29, 0.717) is 10.6 Å². The molecule has 2 aromatic carbocycles. The van der Waals surface area contributed by atoms with Gasteiger partial charge in [0.1, 0.15) is 24.0 Å². The lowest BCUT2D eigenvalue weighted by atomic mass is 10.1. The minimum Gasteiger partial charge on any atom is -0.495 e. The molecule has 0 spiro atoms. The first-order chi connectivity index (χ1) is 16.4. The number of nitrogens with one attached hydrogen (secondary N) is 1. The summed E-state index contributed by atoms with van der Waals surface area (Å²) in [5.74, 6) is -1.13. The van der Waals surface area contributed by atoms with E-state index in [1.54, 1.807) is 31.2 Å². The number of hydrogen-bond donors (Lipinski definition) is 1. The molecule has 2 rings (SSSR count). The molecule has 11 nitrogen and oxygen atoms in total. The van der Waals surface area contributed by atoms with E-state index in [-0.39, 0.29) is 30.1 Å².